The maximum Gasteiger partial charge on any atom is 0.0292 e. The van der Waals surface area contributed by atoms with Crippen LogP contribution in [0.3, 0.4) is 0 Å². The van der Waals surface area contributed by atoms with Crippen molar-refractivity contribution in [3.05, 3.63) is 35.4 Å². The summed E-state index contributed by atoms with van der Waals surface area (Å²) >= 11 is 8.02. The van der Waals surface area contributed by atoms with E-state index in [4.69, 9.17) is 11.6 Å². The van der Waals surface area contributed by atoms with E-state index in [1.54, 1.807) is 0 Å². The molecule has 0 spiro atoms. The minimum atomic E-state index is 0.519. The van der Waals surface area contributed by atoms with Crippen LogP contribution in [-0.2, 0) is 0 Å². The van der Waals surface area contributed by atoms with Gasteiger partial charge in [0.15, 0.2) is 0 Å². The zero-order valence-corrected chi connectivity index (χ0v) is 11.1. The molecule has 1 rings (SSSR count). The maximum atomic E-state index is 6.02. The summed E-state index contributed by atoms with van der Waals surface area (Å²) < 4.78 is 0. The molecule has 0 aromatic heterocycles. The van der Waals surface area contributed by atoms with Crippen molar-refractivity contribution in [2.24, 2.45) is 0 Å². The molecule has 0 radical (unpaired) electrons. The molecule has 0 saturated heterocycles. The largest absolute Gasteiger partial charge is 0.162 e. The lowest BCUT2D eigenvalue weighted by Gasteiger charge is -2.14. The average molecular weight is 243 g/mol. The summed E-state index contributed by atoms with van der Waals surface area (Å²) in [5, 5.41) is 0. The van der Waals surface area contributed by atoms with Crippen LogP contribution in [0.1, 0.15) is 30.4 Å². The number of aryl methyl sites for hydroxylation is 1. The SMILES string of the molecule is CCSCCC(CCl)c1cccc(C)c1. The zero-order chi connectivity index (χ0) is 11.1. The van der Waals surface area contributed by atoms with E-state index < -0.39 is 0 Å². The molecule has 0 aliphatic carbocycles. The second-order valence-corrected chi connectivity index (χ2v) is 5.45. The quantitative estimate of drug-likeness (QED) is 0.524. The topological polar surface area (TPSA) is 0 Å². The first kappa shape index (κ1) is 12.9. The summed E-state index contributed by atoms with van der Waals surface area (Å²) in [4.78, 5) is 0. The number of rotatable bonds is 6. The van der Waals surface area contributed by atoms with E-state index in [1.165, 1.54) is 29.1 Å². The zero-order valence-electron chi connectivity index (χ0n) is 9.50. The normalized spacial score (nSPS) is 12.7. The second kappa shape index (κ2) is 7.19. The summed E-state index contributed by atoms with van der Waals surface area (Å²) in [6, 6.07) is 8.70. The van der Waals surface area contributed by atoms with Crippen LogP contribution in [-0.4, -0.2) is 17.4 Å². The lowest BCUT2D eigenvalue weighted by Crippen LogP contribution is -2.02. The third kappa shape index (κ3) is 4.48. The van der Waals surface area contributed by atoms with Crippen LogP contribution < -0.4 is 0 Å². The number of benzene rings is 1. The van der Waals surface area contributed by atoms with Gasteiger partial charge in [-0.05, 0) is 36.3 Å². The van der Waals surface area contributed by atoms with Gasteiger partial charge in [-0.25, -0.2) is 0 Å². The van der Waals surface area contributed by atoms with Crippen LogP contribution in [0.5, 0.6) is 0 Å². The van der Waals surface area contributed by atoms with Crippen LogP contribution in [0.15, 0.2) is 24.3 Å². The van der Waals surface area contributed by atoms with E-state index in [-0.39, 0.29) is 0 Å². The highest BCUT2D eigenvalue weighted by Gasteiger charge is 2.09. The van der Waals surface area contributed by atoms with E-state index in [0.29, 0.717) is 5.92 Å². The summed E-state index contributed by atoms with van der Waals surface area (Å²) in [5.41, 5.74) is 2.72. The van der Waals surface area contributed by atoms with Crippen molar-refractivity contribution in [3.8, 4) is 0 Å². The van der Waals surface area contributed by atoms with Gasteiger partial charge >= 0.3 is 0 Å². The van der Waals surface area contributed by atoms with Crippen molar-refractivity contribution in [1.29, 1.82) is 0 Å². The van der Waals surface area contributed by atoms with E-state index in [1.807, 2.05) is 11.8 Å². The molecule has 1 atom stereocenters. The van der Waals surface area contributed by atoms with E-state index in [0.717, 1.165) is 5.88 Å². The molecule has 15 heavy (non-hydrogen) atoms. The van der Waals surface area contributed by atoms with Gasteiger partial charge in [-0.15, -0.1) is 11.6 Å². The lowest BCUT2D eigenvalue weighted by molar-refractivity contribution is 0.747. The molecule has 84 valence electrons. The third-order valence-electron chi connectivity index (χ3n) is 2.51. The van der Waals surface area contributed by atoms with Crippen LogP contribution in [0.4, 0.5) is 0 Å². The van der Waals surface area contributed by atoms with Crippen LogP contribution >= 0.6 is 23.4 Å². The first-order chi connectivity index (χ1) is 7.27. The van der Waals surface area contributed by atoms with Crippen LogP contribution in [0.2, 0.25) is 0 Å². The van der Waals surface area contributed by atoms with E-state index in [2.05, 4.69) is 38.1 Å². The van der Waals surface area contributed by atoms with Crippen molar-refractivity contribution < 1.29 is 0 Å². The summed E-state index contributed by atoms with van der Waals surface area (Å²) in [5.74, 6) is 3.66. The molecule has 0 amide bonds. The molecular formula is C13H19ClS. The highest BCUT2D eigenvalue weighted by Crippen LogP contribution is 2.23. The number of hydrogen-bond acceptors (Lipinski definition) is 1. The standard InChI is InChI=1S/C13H19ClS/c1-3-15-8-7-13(10-14)12-6-4-5-11(2)9-12/h4-6,9,13H,3,7-8,10H2,1-2H3. The van der Waals surface area contributed by atoms with Gasteiger partial charge in [0, 0.05) is 5.88 Å². The van der Waals surface area contributed by atoms with Crippen molar-refractivity contribution in [3.63, 3.8) is 0 Å². The smallest absolute Gasteiger partial charge is 0.0292 e. The molecule has 2 heteroatoms. The molecule has 0 bridgehead atoms. The number of hydrogen-bond donors (Lipinski definition) is 0. The summed E-state index contributed by atoms with van der Waals surface area (Å²) in [7, 11) is 0. The van der Waals surface area contributed by atoms with Crippen LogP contribution in [0, 0.1) is 6.92 Å². The van der Waals surface area contributed by atoms with Gasteiger partial charge in [0.25, 0.3) is 0 Å². The summed E-state index contributed by atoms with van der Waals surface area (Å²) in [6.45, 7) is 4.34. The van der Waals surface area contributed by atoms with Crippen LogP contribution in [0.25, 0.3) is 0 Å². The fourth-order valence-electron chi connectivity index (χ4n) is 1.63. The average Bonchev–Trinajstić information content (AvgIpc) is 2.24. The number of thioether (sulfide) groups is 1. The Morgan fingerprint density at radius 3 is 2.80 bits per heavy atom. The molecule has 0 aliphatic heterocycles. The minimum Gasteiger partial charge on any atom is -0.162 e. The van der Waals surface area contributed by atoms with Crippen molar-refractivity contribution in [2.45, 2.75) is 26.2 Å². The third-order valence-corrected chi connectivity index (χ3v) is 3.82. The van der Waals surface area contributed by atoms with Gasteiger partial charge in [0.05, 0.1) is 0 Å². The Kier molecular flexibility index (Phi) is 6.19. The predicted octanol–water partition coefficient (Wildman–Crippen LogP) is 4.46. The highest BCUT2D eigenvalue weighted by molar-refractivity contribution is 7.99. The van der Waals surface area contributed by atoms with Gasteiger partial charge in [0.1, 0.15) is 0 Å². The van der Waals surface area contributed by atoms with E-state index >= 15 is 0 Å². The van der Waals surface area contributed by atoms with Gasteiger partial charge < -0.3 is 0 Å². The second-order valence-electron chi connectivity index (χ2n) is 3.75. The highest BCUT2D eigenvalue weighted by atomic mass is 35.5. The first-order valence-corrected chi connectivity index (χ1v) is 7.17. The monoisotopic (exact) mass is 242 g/mol. The Hall–Kier alpha value is -0.140. The Balaban J connectivity index is 2.57. The Bertz CT molecular complexity index is 286. The Morgan fingerprint density at radius 2 is 2.20 bits per heavy atom. The minimum absolute atomic E-state index is 0.519. The molecule has 0 aliphatic rings. The molecule has 1 aromatic carbocycles. The fourth-order valence-corrected chi connectivity index (χ4v) is 2.70. The van der Waals surface area contributed by atoms with Gasteiger partial charge in [-0.1, -0.05) is 36.8 Å². The van der Waals surface area contributed by atoms with Crippen molar-refractivity contribution in [1.82, 2.24) is 0 Å². The molecule has 0 heterocycles. The van der Waals surface area contributed by atoms with Crippen molar-refractivity contribution >= 4 is 23.4 Å². The van der Waals surface area contributed by atoms with Gasteiger partial charge in [-0.3, -0.25) is 0 Å². The molecule has 0 fully saturated rings. The predicted molar refractivity (Wildman–Crippen MR) is 72.3 cm³/mol. The number of halogens is 1. The molecule has 0 saturated carbocycles. The lowest BCUT2D eigenvalue weighted by atomic mass is 9.97. The number of alkyl halides is 1. The molecule has 0 nitrogen and oxygen atoms in total. The molecular weight excluding hydrogens is 224 g/mol. The van der Waals surface area contributed by atoms with E-state index in [9.17, 15) is 0 Å². The van der Waals surface area contributed by atoms with Gasteiger partial charge in [0.2, 0.25) is 0 Å². The molecule has 1 unspecified atom stereocenters. The van der Waals surface area contributed by atoms with Crippen molar-refractivity contribution in [2.75, 3.05) is 17.4 Å². The fraction of sp³-hybridized carbons (Fsp3) is 0.538. The molecule has 0 N–H and O–H groups in total. The summed E-state index contributed by atoms with van der Waals surface area (Å²) in [6.07, 6.45) is 1.19. The Labute approximate surface area is 102 Å². The van der Waals surface area contributed by atoms with Gasteiger partial charge in [-0.2, -0.15) is 11.8 Å². The molecule has 1 aromatic rings. The Morgan fingerprint density at radius 1 is 1.40 bits per heavy atom. The first-order valence-electron chi connectivity index (χ1n) is 5.48. The maximum absolute atomic E-state index is 6.02.